The van der Waals surface area contributed by atoms with E-state index in [9.17, 15) is 20.2 Å². The molecule has 0 aromatic rings. The maximum Gasteiger partial charge on any atom is 0.294 e. The molecule has 8 nitrogen and oxygen atoms in total. The van der Waals surface area contributed by atoms with Crippen LogP contribution in [0.25, 0.3) is 0 Å². The number of rotatable bonds is 4. The van der Waals surface area contributed by atoms with Crippen molar-refractivity contribution >= 4 is 0 Å². The topological polar surface area (TPSA) is 105 Å². The van der Waals surface area contributed by atoms with Crippen LogP contribution in [0.2, 0.25) is 0 Å². The third-order valence-corrected chi connectivity index (χ3v) is 2.33. The fourth-order valence-corrected chi connectivity index (χ4v) is 1.70. The van der Waals surface area contributed by atoms with E-state index in [1.807, 2.05) is 0 Å². The van der Waals surface area contributed by atoms with Gasteiger partial charge < -0.3 is 9.68 Å². The third-order valence-electron chi connectivity index (χ3n) is 2.33. The minimum Gasteiger partial charge on any atom is -0.308 e. The zero-order valence-electron chi connectivity index (χ0n) is 8.03. The standard InChI is InChI=1S/C7H12N2O6/c10-8(11)14-6-4-2-1-3-5-7(6)15-9(12)13/h6-7H,1-5H2/t6-,7-/m0/s1. The van der Waals surface area contributed by atoms with Crippen LogP contribution in [-0.2, 0) is 9.68 Å². The van der Waals surface area contributed by atoms with Crippen molar-refractivity contribution in [1.29, 1.82) is 0 Å². The van der Waals surface area contributed by atoms with Gasteiger partial charge in [0, 0.05) is 0 Å². The zero-order chi connectivity index (χ0) is 11.3. The molecule has 0 heterocycles. The average molecular weight is 220 g/mol. The van der Waals surface area contributed by atoms with Crippen molar-refractivity contribution in [2.24, 2.45) is 0 Å². The molecule has 1 fully saturated rings. The summed E-state index contributed by atoms with van der Waals surface area (Å²) < 4.78 is 0. The Hall–Kier alpha value is -1.60. The van der Waals surface area contributed by atoms with E-state index in [0.717, 1.165) is 19.3 Å². The van der Waals surface area contributed by atoms with Gasteiger partial charge in [-0.05, 0) is 12.8 Å². The molecule has 1 aliphatic carbocycles. The van der Waals surface area contributed by atoms with E-state index < -0.39 is 22.4 Å². The highest BCUT2D eigenvalue weighted by atomic mass is 17.0. The summed E-state index contributed by atoms with van der Waals surface area (Å²) in [4.78, 5) is 29.1. The van der Waals surface area contributed by atoms with Gasteiger partial charge in [0.25, 0.3) is 10.2 Å². The molecule has 0 unspecified atom stereocenters. The Morgan fingerprint density at radius 2 is 1.27 bits per heavy atom. The normalized spacial score (nSPS) is 26.4. The molecule has 0 N–H and O–H groups in total. The summed E-state index contributed by atoms with van der Waals surface area (Å²) in [6, 6.07) is 0. The average Bonchev–Trinajstić information content (AvgIpc) is 2.30. The van der Waals surface area contributed by atoms with Crippen molar-refractivity contribution in [3.8, 4) is 0 Å². The summed E-state index contributed by atoms with van der Waals surface area (Å²) in [5, 5.41) is 18.5. The highest BCUT2D eigenvalue weighted by molar-refractivity contribution is 4.72. The Morgan fingerprint density at radius 1 is 0.867 bits per heavy atom. The SMILES string of the molecule is O=[N+]([O-])O[C@H]1CCCCC[C@@H]1O[N+](=O)[O-]. The molecule has 0 aromatic heterocycles. The van der Waals surface area contributed by atoms with Crippen molar-refractivity contribution in [3.63, 3.8) is 0 Å². The van der Waals surface area contributed by atoms with Crippen molar-refractivity contribution in [1.82, 2.24) is 0 Å². The van der Waals surface area contributed by atoms with Crippen LogP contribution >= 0.6 is 0 Å². The molecular weight excluding hydrogens is 208 g/mol. The van der Waals surface area contributed by atoms with Crippen LogP contribution in [0, 0.1) is 20.2 Å². The Kier molecular flexibility index (Phi) is 4.07. The first kappa shape index (κ1) is 11.5. The van der Waals surface area contributed by atoms with E-state index in [0.29, 0.717) is 12.8 Å². The fraction of sp³-hybridized carbons (Fsp3) is 1.00. The van der Waals surface area contributed by atoms with E-state index in [4.69, 9.17) is 0 Å². The van der Waals surface area contributed by atoms with E-state index in [-0.39, 0.29) is 0 Å². The quantitative estimate of drug-likeness (QED) is 0.399. The van der Waals surface area contributed by atoms with Gasteiger partial charge in [-0.1, -0.05) is 19.3 Å². The lowest BCUT2D eigenvalue weighted by Gasteiger charge is -2.20. The highest BCUT2D eigenvalue weighted by Crippen LogP contribution is 2.23. The highest BCUT2D eigenvalue weighted by Gasteiger charge is 2.29. The molecule has 0 amide bonds. The number of hydrogen-bond acceptors (Lipinski definition) is 6. The molecule has 8 heteroatoms. The minimum atomic E-state index is -0.924. The first-order valence-electron chi connectivity index (χ1n) is 4.72. The van der Waals surface area contributed by atoms with Gasteiger partial charge in [-0.3, -0.25) is 0 Å². The van der Waals surface area contributed by atoms with E-state index >= 15 is 0 Å². The molecule has 0 aliphatic heterocycles. The largest absolute Gasteiger partial charge is 0.308 e. The van der Waals surface area contributed by atoms with Crippen LogP contribution in [-0.4, -0.2) is 22.4 Å². The van der Waals surface area contributed by atoms with Gasteiger partial charge in [0.2, 0.25) is 0 Å². The first-order chi connectivity index (χ1) is 7.09. The molecule has 86 valence electrons. The van der Waals surface area contributed by atoms with Crippen molar-refractivity contribution in [3.05, 3.63) is 20.2 Å². The summed E-state index contributed by atoms with van der Waals surface area (Å²) in [7, 11) is 0. The predicted molar refractivity (Wildman–Crippen MR) is 46.8 cm³/mol. The molecule has 0 saturated heterocycles. The number of hydrogen-bond donors (Lipinski definition) is 0. The second kappa shape index (κ2) is 5.32. The second-order valence-electron chi connectivity index (χ2n) is 3.37. The third kappa shape index (κ3) is 3.96. The van der Waals surface area contributed by atoms with E-state index in [1.54, 1.807) is 0 Å². The van der Waals surface area contributed by atoms with Gasteiger partial charge in [-0.15, -0.1) is 20.2 Å². The van der Waals surface area contributed by atoms with E-state index in [2.05, 4.69) is 9.68 Å². The Balaban J connectivity index is 2.58. The summed E-state index contributed by atoms with van der Waals surface area (Å²) in [5.41, 5.74) is 0. The van der Waals surface area contributed by atoms with Gasteiger partial charge in [0.05, 0.1) is 0 Å². The zero-order valence-corrected chi connectivity index (χ0v) is 8.03. The molecule has 1 aliphatic rings. The van der Waals surface area contributed by atoms with Crippen molar-refractivity contribution in [2.45, 2.75) is 44.3 Å². The van der Waals surface area contributed by atoms with Crippen LogP contribution in [0.1, 0.15) is 32.1 Å². The van der Waals surface area contributed by atoms with Gasteiger partial charge in [-0.2, -0.15) is 0 Å². The predicted octanol–water partition coefficient (Wildman–Crippen LogP) is 1.10. The van der Waals surface area contributed by atoms with Crippen molar-refractivity contribution in [2.75, 3.05) is 0 Å². The molecule has 0 aromatic carbocycles. The van der Waals surface area contributed by atoms with Crippen LogP contribution in [0.5, 0.6) is 0 Å². The molecular formula is C7H12N2O6. The van der Waals surface area contributed by atoms with Crippen LogP contribution in [0.15, 0.2) is 0 Å². The molecule has 0 spiro atoms. The Morgan fingerprint density at radius 3 is 1.60 bits per heavy atom. The smallest absolute Gasteiger partial charge is 0.294 e. The van der Waals surface area contributed by atoms with Crippen LogP contribution in [0.4, 0.5) is 0 Å². The van der Waals surface area contributed by atoms with Gasteiger partial charge >= 0.3 is 0 Å². The first-order valence-corrected chi connectivity index (χ1v) is 4.72. The lowest BCUT2D eigenvalue weighted by Crippen LogP contribution is -2.34. The molecule has 1 saturated carbocycles. The summed E-state index contributed by atoms with van der Waals surface area (Å²) in [6.07, 6.45) is 1.58. The maximum atomic E-state index is 10.2. The molecule has 2 atom stereocenters. The van der Waals surface area contributed by atoms with Crippen LogP contribution in [0.3, 0.4) is 0 Å². The maximum absolute atomic E-state index is 10.2. The molecule has 0 radical (unpaired) electrons. The fourth-order valence-electron chi connectivity index (χ4n) is 1.70. The summed E-state index contributed by atoms with van der Waals surface area (Å²) in [5.74, 6) is 0. The number of nitrogens with zero attached hydrogens (tertiary/aromatic N) is 2. The lowest BCUT2D eigenvalue weighted by molar-refractivity contribution is -0.799. The van der Waals surface area contributed by atoms with Crippen molar-refractivity contribution < 1.29 is 19.8 Å². The summed E-state index contributed by atoms with van der Waals surface area (Å²) >= 11 is 0. The second-order valence-corrected chi connectivity index (χ2v) is 3.37. The van der Waals surface area contributed by atoms with Crippen LogP contribution < -0.4 is 0 Å². The lowest BCUT2D eigenvalue weighted by atomic mass is 10.1. The Bertz CT molecular complexity index is 222. The minimum absolute atomic E-state index is 0.416. The molecule has 15 heavy (non-hydrogen) atoms. The monoisotopic (exact) mass is 220 g/mol. The molecule has 1 rings (SSSR count). The van der Waals surface area contributed by atoms with Gasteiger partial charge in [0.1, 0.15) is 12.2 Å². The summed E-state index contributed by atoms with van der Waals surface area (Å²) in [6.45, 7) is 0. The van der Waals surface area contributed by atoms with E-state index in [1.165, 1.54) is 0 Å². The Labute approximate surface area is 85.4 Å². The van der Waals surface area contributed by atoms with Gasteiger partial charge in [-0.25, -0.2) is 0 Å². The van der Waals surface area contributed by atoms with Gasteiger partial charge in [0.15, 0.2) is 0 Å². The molecule has 0 bridgehead atoms.